The van der Waals surface area contributed by atoms with Gasteiger partial charge in [0.2, 0.25) is 5.95 Å². The van der Waals surface area contributed by atoms with Gasteiger partial charge in [0.1, 0.15) is 5.03 Å². The minimum Gasteiger partial charge on any atom is -0.343 e. The Bertz CT molecular complexity index is 1120. The highest BCUT2D eigenvalue weighted by molar-refractivity contribution is 7.89. The van der Waals surface area contributed by atoms with Gasteiger partial charge in [0.25, 0.3) is 15.9 Å². The molecule has 0 spiro atoms. The fourth-order valence-corrected chi connectivity index (χ4v) is 4.53. The lowest BCUT2D eigenvalue weighted by molar-refractivity contribution is 0.0705. The van der Waals surface area contributed by atoms with Crippen molar-refractivity contribution in [1.82, 2.24) is 29.7 Å². The van der Waals surface area contributed by atoms with Gasteiger partial charge in [-0.3, -0.25) is 15.0 Å². The Morgan fingerprint density at radius 3 is 2.40 bits per heavy atom. The summed E-state index contributed by atoms with van der Waals surface area (Å²) >= 11 is 0. The lowest BCUT2D eigenvalue weighted by Gasteiger charge is -2.33. The van der Waals surface area contributed by atoms with E-state index in [1.807, 2.05) is 11.0 Å². The van der Waals surface area contributed by atoms with Crippen molar-refractivity contribution < 1.29 is 18.4 Å². The van der Waals surface area contributed by atoms with Crippen molar-refractivity contribution in [2.75, 3.05) is 31.1 Å². The van der Waals surface area contributed by atoms with Gasteiger partial charge in [-0.15, -0.1) is 0 Å². The Kier molecular flexibility index (Phi) is 5.44. The third-order valence-electron chi connectivity index (χ3n) is 4.74. The zero-order valence-electron chi connectivity index (χ0n) is 15.8. The summed E-state index contributed by atoms with van der Waals surface area (Å²) in [4.78, 5) is 28.6. The predicted octanol–water partition coefficient (Wildman–Crippen LogP) is 0.497. The molecule has 0 aliphatic carbocycles. The molecule has 0 bridgehead atoms. The molecule has 156 valence electrons. The maximum atomic E-state index is 13.0. The van der Waals surface area contributed by atoms with Crippen LogP contribution in [0, 0.1) is 0 Å². The Labute approximate surface area is 172 Å². The Balaban J connectivity index is 1.43. The molecule has 0 unspecified atom stereocenters. The lowest BCUT2D eigenvalue weighted by Crippen LogP contribution is -2.49. The van der Waals surface area contributed by atoms with Crippen molar-refractivity contribution in [3.63, 3.8) is 0 Å². The summed E-state index contributed by atoms with van der Waals surface area (Å²) in [6.07, 6.45) is 4.25. The van der Waals surface area contributed by atoms with Crippen LogP contribution in [0.2, 0.25) is 0 Å². The van der Waals surface area contributed by atoms with Crippen LogP contribution in [-0.4, -0.2) is 70.0 Å². The van der Waals surface area contributed by atoms with Crippen LogP contribution in [-0.2, 0) is 10.0 Å². The summed E-state index contributed by atoms with van der Waals surface area (Å²) in [7, 11) is -3.67. The highest BCUT2D eigenvalue weighted by Crippen LogP contribution is 2.22. The van der Waals surface area contributed by atoms with Gasteiger partial charge in [0.05, 0.1) is 17.0 Å². The number of aromatic nitrogens is 4. The number of nitrogens with zero attached hydrogens (tertiary/aromatic N) is 5. The minimum absolute atomic E-state index is 0.118. The molecule has 1 aliphatic rings. The number of H-pyrrole nitrogens is 1. The standard InChI is InChI=1S/C18H19N7O4S/c26-17(23-27)13-11-20-18(21-12-13)24-7-9-25(10-8-24)30(28,29)16-5-4-15(22-16)14-3-1-2-6-19-14/h1-6,11-12,22,27H,7-10H2,(H,23,26). The van der Waals surface area contributed by atoms with Crippen LogP contribution in [0.25, 0.3) is 11.4 Å². The largest absolute Gasteiger partial charge is 0.343 e. The van der Waals surface area contributed by atoms with Crippen LogP contribution < -0.4 is 10.4 Å². The number of nitrogens with one attached hydrogen (secondary N) is 2. The van der Waals surface area contributed by atoms with Gasteiger partial charge in [-0.2, -0.15) is 4.31 Å². The third-order valence-corrected chi connectivity index (χ3v) is 6.58. The van der Waals surface area contributed by atoms with Crippen LogP contribution in [0.3, 0.4) is 0 Å². The van der Waals surface area contributed by atoms with Gasteiger partial charge in [0.15, 0.2) is 0 Å². The van der Waals surface area contributed by atoms with Crippen molar-refractivity contribution >= 4 is 21.9 Å². The molecule has 0 aromatic carbocycles. The second-order valence-electron chi connectivity index (χ2n) is 6.56. The number of pyridine rings is 1. The van der Waals surface area contributed by atoms with Crippen LogP contribution in [0.4, 0.5) is 5.95 Å². The molecule has 3 N–H and O–H groups in total. The van der Waals surface area contributed by atoms with Gasteiger partial charge < -0.3 is 9.88 Å². The fourth-order valence-electron chi connectivity index (χ4n) is 3.13. The normalized spacial score (nSPS) is 15.2. The van der Waals surface area contributed by atoms with Gasteiger partial charge in [-0.25, -0.2) is 23.9 Å². The molecular weight excluding hydrogens is 410 g/mol. The number of sulfonamides is 1. The zero-order valence-corrected chi connectivity index (χ0v) is 16.6. The van der Waals surface area contributed by atoms with Gasteiger partial charge in [-0.1, -0.05) is 6.07 Å². The molecule has 1 fully saturated rings. The number of hydroxylamine groups is 1. The van der Waals surface area contributed by atoms with E-state index in [1.165, 1.54) is 22.2 Å². The first-order chi connectivity index (χ1) is 14.5. The van der Waals surface area contributed by atoms with Crippen LogP contribution in [0.5, 0.6) is 0 Å². The summed E-state index contributed by atoms with van der Waals surface area (Å²) in [5, 5.41) is 8.76. The molecule has 3 aromatic rings. The summed E-state index contributed by atoms with van der Waals surface area (Å²) in [6.45, 7) is 1.34. The molecule has 11 nitrogen and oxygen atoms in total. The second kappa shape index (κ2) is 8.18. The van der Waals surface area contributed by atoms with Crippen molar-refractivity contribution in [1.29, 1.82) is 0 Å². The van der Waals surface area contributed by atoms with Gasteiger partial charge in [-0.05, 0) is 24.3 Å². The molecule has 0 saturated carbocycles. The topological polar surface area (TPSA) is 144 Å². The number of carbonyl (C=O) groups is 1. The number of carbonyl (C=O) groups excluding carboxylic acids is 1. The molecule has 4 rings (SSSR count). The third kappa shape index (κ3) is 3.87. The summed E-state index contributed by atoms with van der Waals surface area (Å²) in [5.74, 6) is -0.313. The van der Waals surface area contributed by atoms with Crippen LogP contribution in [0.1, 0.15) is 10.4 Å². The average Bonchev–Trinajstić information content (AvgIpc) is 3.31. The van der Waals surface area contributed by atoms with E-state index in [4.69, 9.17) is 5.21 Å². The summed E-state index contributed by atoms with van der Waals surface area (Å²) in [6, 6.07) is 8.67. The van der Waals surface area contributed by atoms with Crippen molar-refractivity contribution in [3.05, 3.63) is 54.5 Å². The quantitative estimate of drug-likeness (QED) is 0.393. The number of piperazine rings is 1. The Morgan fingerprint density at radius 2 is 1.77 bits per heavy atom. The van der Waals surface area contributed by atoms with E-state index in [0.29, 0.717) is 30.4 Å². The van der Waals surface area contributed by atoms with E-state index in [-0.39, 0.29) is 23.7 Å². The predicted molar refractivity (Wildman–Crippen MR) is 106 cm³/mol. The molecule has 3 aromatic heterocycles. The Hall–Kier alpha value is -3.35. The first kappa shape index (κ1) is 19.9. The van der Waals surface area contributed by atoms with Gasteiger partial charge >= 0.3 is 0 Å². The molecule has 0 radical (unpaired) electrons. The van der Waals surface area contributed by atoms with Crippen molar-refractivity contribution in [3.8, 4) is 11.4 Å². The van der Waals surface area contributed by atoms with E-state index < -0.39 is 15.9 Å². The molecular formula is C18H19N7O4S. The molecule has 4 heterocycles. The monoisotopic (exact) mass is 429 g/mol. The first-order valence-corrected chi connectivity index (χ1v) is 10.5. The van der Waals surface area contributed by atoms with Crippen LogP contribution in [0.15, 0.2) is 53.9 Å². The number of hydrogen-bond acceptors (Lipinski definition) is 8. The molecule has 1 aliphatic heterocycles. The first-order valence-electron chi connectivity index (χ1n) is 9.11. The van der Waals surface area contributed by atoms with E-state index in [0.717, 1.165) is 0 Å². The van der Waals surface area contributed by atoms with E-state index in [2.05, 4.69) is 19.9 Å². The maximum Gasteiger partial charge on any atom is 0.277 e. The van der Waals surface area contributed by atoms with Crippen LogP contribution >= 0.6 is 0 Å². The molecule has 1 saturated heterocycles. The number of amides is 1. The van der Waals surface area contributed by atoms with E-state index in [1.54, 1.807) is 30.5 Å². The fraction of sp³-hybridized carbons (Fsp3) is 0.222. The SMILES string of the molecule is O=C(NO)c1cnc(N2CCN(S(=O)(=O)c3ccc(-c4ccccn4)[nH]3)CC2)nc1. The van der Waals surface area contributed by atoms with Crippen molar-refractivity contribution in [2.45, 2.75) is 5.03 Å². The highest BCUT2D eigenvalue weighted by Gasteiger charge is 2.30. The van der Waals surface area contributed by atoms with Gasteiger partial charge in [0, 0.05) is 44.8 Å². The second-order valence-corrected chi connectivity index (χ2v) is 8.46. The molecule has 0 atom stereocenters. The molecule has 12 heteroatoms. The number of aromatic amines is 1. The smallest absolute Gasteiger partial charge is 0.277 e. The lowest BCUT2D eigenvalue weighted by atomic mass is 10.3. The number of anilines is 1. The summed E-state index contributed by atoms with van der Waals surface area (Å²) < 4.78 is 27.4. The highest BCUT2D eigenvalue weighted by atomic mass is 32.2. The number of hydrogen-bond donors (Lipinski definition) is 3. The average molecular weight is 429 g/mol. The minimum atomic E-state index is -3.67. The molecule has 1 amide bonds. The zero-order chi connectivity index (χ0) is 21.1. The summed E-state index contributed by atoms with van der Waals surface area (Å²) in [5.41, 5.74) is 2.94. The molecule has 30 heavy (non-hydrogen) atoms. The Morgan fingerprint density at radius 1 is 1.03 bits per heavy atom. The van der Waals surface area contributed by atoms with Crippen molar-refractivity contribution in [2.24, 2.45) is 0 Å². The van der Waals surface area contributed by atoms with E-state index >= 15 is 0 Å². The van der Waals surface area contributed by atoms with E-state index in [9.17, 15) is 13.2 Å². The maximum absolute atomic E-state index is 13.0. The number of rotatable bonds is 5.